The van der Waals surface area contributed by atoms with Crippen molar-refractivity contribution in [3.05, 3.63) is 86.6 Å². The molecule has 0 bridgehead atoms. The molecule has 6 nitrogen and oxygen atoms in total. The van der Waals surface area contributed by atoms with Gasteiger partial charge in [-0.2, -0.15) is 0 Å². The van der Waals surface area contributed by atoms with Gasteiger partial charge in [0.25, 0.3) is 5.91 Å². The average Bonchev–Trinajstić information content (AvgIpc) is 3.19. The summed E-state index contributed by atoms with van der Waals surface area (Å²) in [6.45, 7) is 3.04. The lowest BCUT2D eigenvalue weighted by molar-refractivity contribution is -0.117. The van der Waals surface area contributed by atoms with Crippen LogP contribution in [0.25, 0.3) is 0 Å². The zero-order valence-corrected chi connectivity index (χ0v) is 18.3. The van der Waals surface area contributed by atoms with Gasteiger partial charge >= 0.3 is 5.97 Å². The van der Waals surface area contributed by atoms with Crippen LogP contribution in [-0.2, 0) is 16.6 Å². The topological polar surface area (TPSA) is 91.8 Å². The highest BCUT2D eigenvalue weighted by Gasteiger charge is 2.39. The van der Waals surface area contributed by atoms with Crippen LogP contribution < -0.4 is 4.90 Å². The third kappa shape index (κ3) is 3.64. The monoisotopic (exact) mass is 469 g/mol. The molecule has 4 rings (SSSR count). The van der Waals surface area contributed by atoms with Crippen LogP contribution in [0.5, 0.6) is 0 Å². The predicted octanol–water partition coefficient (Wildman–Crippen LogP) is 4.61. The second kappa shape index (κ2) is 8.00. The van der Waals surface area contributed by atoms with Crippen LogP contribution in [0.4, 0.5) is 14.5 Å². The SMILES string of the molecule is CC(C)(C(=O)c1ccc(F)c(N2C(=O)Cc3csc(C(=O)O)c3C2=O)c1)c1ccccc1F. The van der Waals surface area contributed by atoms with Gasteiger partial charge in [-0.25, -0.2) is 18.5 Å². The van der Waals surface area contributed by atoms with E-state index in [1.165, 1.54) is 43.5 Å². The van der Waals surface area contributed by atoms with Crippen molar-refractivity contribution in [1.82, 2.24) is 0 Å². The van der Waals surface area contributed by atoms with Crippen LogP contribution in [0.2, 0.25) is 0 Å². The number of carbonyl (C=O) groups excluding carboxylic acids is 3. The number of nitrogens with zero attached hydrogens (tertiary/aromatic N) is 1. The van der Waals surface area contributed by atoms with Crippen molar-refractivity contribution in [3.63, 3.8) is 0 Å². The Labute approximate surface area is 191 Å². The molecule has 1 aliphatic rings. The van der Waals surface area contributed by atoms with E-state index in [9.17, 15) is 33.1 Å². The normalized spacial score (nSPS) is 13.8. The number of anilines is 1. The minimum atomic E-state index is -1.33. The van der Waals surface area contributed by atoms with E-state index in [0.717, 1.165) is 23.5 Å². The Balaban J connectivity index is 1.78. The molecule has 0 radical (unpaired) electrons. The fraction of sp³-hybridized carbons (Fsp3) is 0.167. The average molecular weight is 469 g/mol. The Morgan fingerprint density at radius 3 is 2.42 bits per heavy atom. The van der Waals surface area contributed by atoms with Crippen LogP contribution in [0.3, 0.4) is 0 Å². The summed E-state index contributed by atoms with van der Waals surface area (Å²) in [5.74, 6) is -5.12. The molecule has 0 saturated heterocycles. The molecule has 2 amide bonds. The Kier molecular flexibility index (Phi) is 5.45. The van der Waals surface area contributed by atoms with E-state index >= 15 is 0 Å². The largest absolute Gasteiger partial charge is 0.477 e. The van der Waals surface area contributed by atoms with Crippen molar-refractivity contribution in [2.75, 3.05) is 4.90 Å². The van der Waals surface area contributed by atoms with Gasteiger partial charge in [0.1, 0.15) is 16.5 Å². The molecule has 168 valence electrons. The van der Waals surface area contributed by atoms with Gasteiger partial charge < -0.3 is 5.11 Å². The molecular formula is C24H17F2NO5S. The van der Waals surface area contributed by atoms with Gasteiger partial charge in [0, 0.05) is 11.1 Å². The van der Waals surface area contributed by atoms with E-state index in [4.69, 9.17) is 0 Å². The molecule has 33 heavy (non-hydrogen) atoms. The number of carboxylic acids is 1. The molecule has 2 aromatic carbocycles. The molecule has 1 aromatic heterocycles. The lowest BCUT2D eigenvalue weighted by atomic mass is 9.77. The number of hydrogen-bond donors (Lipinski definition) is 1. The van der Waals surface area contributed by atoms with Gasteiger partial charge in [-0.1, -0.05) is 18.2 Å². The summed E-state index contributed by atoms with van der Waals surface area (Å²) in [5, 5.41) is 10.8. The Hall–Kier alpha value is -3.72. The lowest BCUT2D eigenvalue weighted by Crippen LogP contribution is -2.43. The van der Waals surface area contributed by atoms with Gasteiger partial charge in [-0.15, -0.1) is 11.3 Å². The molecular weight excluding hydrogens is 452 g/mol. The third-order valence-corrected chi connectivity index (χ3v) is 6.65. The summed E-state index contributed by atoms with van der Waals surface area (Å²) in [6, 6.07) is 8.99. The molecule has 0 saturated carbocycles. The first-order chi connectivity index (χ1) is 15.5. The highest BCUT2D eigenvalue weighted by molar-refractivity contribution is 7.12. The van der Waals surface area contributed by atoms with Crippen molar-refractivity contribution in [2.24, 2.45) is 0 Å². The van der Waals surface area contributed by atoms with Crippen LogP contribution >= 0.6 is 11.3 Å². The van der Waals surface area contributed by atoms with E-state index in [1.54, 1.807) is 6.07 Å². The molecule has 0 aliphatic carbocycles. The number of benzene rings is 2. The first-order valence-electron chi connectivity index (χ1n) is 9.84. The van der Waals surface area contributed by atoms with Gasteiger partial charge in [-0.3, -0.25) is 14.4 Å². The lowest BCUT2D eigenvalue weighted by Gasteiger charge is -2.28. The van der Waals surface area contributed by atoms with Crippen molar-refractivity contribution in [3.8, 4) is 0 Å². The zero-order chi connectivity index (χ0) is 24.1. The van der Waals surface area contributed by atoms with Crippen molar-refractivity contribution >= 4 is 40.6 Å². The second-order valence-corrected chi connectivity index (χ2v) is 8.96. The molecule has 0 unspecified atom stereocenters. The summed E-state index contributed by atoms with van der Waals surface area (Å²) in [4.78, 5) is 50.8. The summed E-state index contributed by atoms with van der Waals surface area (Å²) < 4.78 is 29.1. The maximum atomic E-state index is 14.8. The predicted molar refractivity (Wildman–Crippen MR) is 117 cm³/mol. The summed E-state index contributed by atoms with van der Waals surface area (Å²) in [6.07, 6.45) is -0.289. The maximum Gasteiger partial charge on any atom is 0.346 e. The third-order valence-electron chi connectivity index (χ3n) is 5.63. The number of carbonyl (C=O) groups is 4. The van der Waals surface area contributed by atoms with Crippen LogP contribution in [0, 0.1) is 11.6 Å². The molecule has 2 heterocycles. The summed E-state index contributed by atoms with van der Waals surface area (Å²) in [5.41, 5.74) is -1.59. The van der Waals surface area contributed by atoms with Crippen molar-refractivity contribution in [2.45, 2.75) is 25.7 Å². The van der Waals surface area contributed by atoms with E-state index in [2.05, 4.69) is 0 Å². The number of rotatable bonds is 5. The summed E-state index contributed by atoms with van der Waals surface area (Å²) in [7, 11) is 0. The van der Waals surface area contributed by atoms with Crippen LogP contribution in [-0.4, -0.2) is 28.7 Å². The van der Waals surface area contributed by atoms with Gasteiger partial charge in [-0.05, 0) is 49.1 Å². The number of halogens is 2. The number of aromatic carboxylic acids is 1. The van der Waals surface area contributed by atoms with Crippen molar-refractivity contribution in [1.29, 1.82) is 0 Å². The number of thiophene rings is 1. The van der Waals surface area contributed by atoms with Gasteiger partial charge in [0.2, 0.25) is 5.91 Å². The fourth-order valence-electron chi connectivity index (χ4n) is 3.90. The standard InChI is InChI=1S/C24H17F2NO5S/c1-24(2,14-5-3-4-6-15(14)25)21(29)12-7-8-16(26)17(9-12)27-18(28)10-13-11-33-20(23(31)32)19(13)22(27)30/h3-9,11H,10H2,1-2H3,(H,31,32). The first kappa shape index (κ1) is 22.5. The first-order valence-corrected chi connectivity index (χ1v) is 10.7. The number of amides is 2. The highest BCUT2D eigenvalue weighted by atomic mass is 32.1. The minimum absolute atomic E-state index is 0.0326. The second-order valence-electron chi connectivity index (χ2n) is 8.08. The minimum Gasteiger partial charge on any atom is -0.477 e. The van der Waals surface area contributed by atoms with Crippen LogP contribution in [0.1, 0.15) is 55.4 Å². The fourth-order valence-corrected chi connectivity index (χ4v) is 4.80. The van der Waals surface area contributed by atoms with Crippen molar-refractivity contribution < 1.29 is 33.1 Å². The number of carboxylic acid groups (broad SMARTS) is 1. The van der Waals surface area contributed by atoms with Gasteiger partial charge in [0.15, 0.2) is 5.78 Å². The quantitative estimate of drug-likeness (QED) is 0.435. The maximum absolute atomic E-state index is 14.8. The number of Topliss-reactive ketones (excluding diaryl/α,β-unsaturated/α-hetero) is 1. The Morgan fingerprint density at radius 2 is 1.76 bits per heavy atom. The summed E-state index contributed by atoms with van der Waals surface area (Å²) >= 11 is 0.808. The Bertz CT molecular complexity index is 1340. The zero-order valence-electron chi connectivity index (χ0n) is 17.5. The highest BCUT2D eigenvalue weighted by Crippen LogP contribution is 2.35. The van der Waals surface area contributed by atoms with E-state index < -0.39 is 46.3 Å². The number of hydrogen-bond acceptors (Lipinski definition) is 5. The molecule has 0 fully saturated rings. The van der Waals surface area contributed by atoms with E-state index in [0.29, 0.717) is 4.90 Å². The number of ketones is 1. The molecule has 1 N–H and O–H groups in total. The molecule has 9 heteroatoms. The van der Waals surface area contributed by atoms with E-state index in [1.807, 2.05) is 0 Å². The molecule has 0 atom stereocenters. The number of fused-ring (bicyclic) bond motifs is 1. The smallest absolute Gasteiger partial charge is 0.346 e. The Morgan fingerprint density at radius 1 is 1.06 bits per heavy atom. The van der Waals surface area contributed by atoms with Gasteiger partial charge in [0.05, 0.1) is 23.1 Å². The van der Waals surface area contributed by atoms with Crippen LogP contribution in [0.15, 0.2) is 47.8 Å². The number of imide groups is 1. The molecule has 3 aromatic rings. The molecule has 1 aliphatic heterocycles. The van der Waals surface area contributed by atoms with E-state index in [-0.39, 0.29) is 33.6 Å². The molecule has 0 spiro atoms.